The summed E-state index contributed by atoms with van der Waals surface area (Å²) in [7, 11) is 1.20. The van der Waals surface area contributed by atoms with Gasteiger partial charge >= 0.3 is 18.1 Å². The molecular weight excluding hydrogens is 468 g/mol. The minimum atomic E-state index is -5.09. The van der Waals surface area contributed by atoms with Crippen molar-refractivity contribution in [2.75, 3.05) is 13.7 Å². The molecule has 11 heteroatoms. The Morgan fingerprint density at radius 3 is 2.42 bits per heavy atom. The fourth-order valence-corrected chi connectivity index (χ4v) is 3.55. The first-order valence-corrected chi connectivity index (χ1v) is 10.2. The highest BCUT2D eigenvalue weighted by atomic mass is 35.5. The Hall–Kier alpha value is -3.14. The number of carbonyl (C=O) groups excluding carboxylic acids is 3. The molecule has 0 spiro atoms. The maximum atomic E-state index is 14.7. The number of amides is 2. The molecule has 2 amide bonds. The van der Waals surface area contributed by atoms with E-state index in [4.69, 9.17) is 16.3 Å². The molecule has 2 aromatic carbocycles. The summed E-state index contributed by atoms with van der Waals surface area (Å²) < 4.78 is 56.7. The average molecular weight is 487 g/mol. The van der Waals surface area contributed by atoms with Crippen LogP contribution in [0, 0.1) is 5.82 Å². The van der Waals surface area contributed by atoms with Gasteiger partial charge in [0.25, 0.3) is 0 Å². The van der Waals surface area contributed by atoms with Crippen LogP contribution in [0.3, 0.4) is 0 Å². The van der Waals surface area contributed by atoms with E-state index in [1.165, 1.54) is 25.3 Å². The Morgan fingerprint density at radius 1 is 1.15 bits per heavy atom. The molecule has 0 radical (unpaired) electrons. The lowest BCUT2D eigenvalue weighted by atomic mass is 9.97. The van der Waals surface area contributed by atoms with Crippen molar-refractivity contribution in [2.45, 2.75) is 31.0 Å². The van der Waals surface area contributed by atoms with E-state index in [0.717, 1.165) is 0 Å². The third kappa shape index (κ3) is 5.44. The summed E-state index contributed by atoms with van der Waals surface area (Å²) in [5, 5.41) is 4.31. The van der Waals surface area contributed by atoms with E-state index >= 15 is 0 Å². The van der Waals surface area contributed by atoms with Gasteiger partial charge in [0.05, 0.1) is 17.7 Å². The maximum absolute atomic E-state index is 14.7. The summed E-state index contributed by atoms with van der Waals surface area (Å²) in [5.74, 6) is -4.21. The van der Waals surface area contributed by atoms with Gasteiger partial charge in [0.1, 0.15) is 11.4 Å². The molecule has 2 aromatic rings. The number of hydrogen-bond acceptors (Lipinski definition) is 4. The molecule has 0 unspecified atom stereocenters. The number of ether oxygens (including phenoxy) is 1. The van der Waals surface area contributed by atoms with Gasteiger partial charge in [-0.1, -0.05) is 35.9 Å². The van der Waals surface area contributed by atoms with Crippen LogP contribution in [0.5, 0.6) is 0 Å². The monoisotopic (exact) mass is 486 g/mol. The lowest BCUT2D eigenvalue weighted by Crippen LogP contribution is -2.52. The number of alkyl halides is 3. The maximum Gasteiger partial charge on any atom is 0.471 e. The van der Waals surface area contributed by atoms with E-state index < -0.39 is 35.3 Å². The Bertz CT molecular complexity index is 1100. The fourth-order valence-electron chi connectivity index (χ4n) is 3.29. The Morgan fingerprint density at radius 2 is 1.85 bits per heavy atom. The van der Waals surface area contributed by atoms with Crippen molar-refractivity contribution < 1.29 is 36.7 Å². The minimum absolute atomic E-state index is 0.0523. The van der Waals surface area contributed by atoms with Gasteiger partial charge < -0.3 is 15.4 Å². The van der Waals surface area contributed by atoms with E-state index in [1.54, 1.807) is 23.5 Å². The molecule has 176 valence electrons. The number of rotatable bonds is 7. The summed E-state index contributed by atoms with van der Waals surface area (Å²) in [6, 6.07) is 8.96. The Labute approximate surface area is 191 Å². The lowest BCUT2D eigenvalue weighted by molar-refractivity contribution is -0.175. The molecule has 1 aliphatic rings. The van der Waals surface area contributed by atoms with Crippen molar-refractivity contribution in [1.82, 2.24) is 10.6 Å². The molecule has 6 nitrogen and oxygen atoms in total. The van der Waals surface area contributed by atoms with E-state index in [0.29, 0.717) is 11.1 Å². The van der Waals surface area contributed by atoms with Gasteiger partial charge in [-0.25, -0.2) is 9.18 Å². The normalized spacial score (nSPS) is 14.4. The number of nitrogens with one attached hydrogen (secondary N) is 2. The Balaban J connectivity index is 1.66. The zero-order valence-electron chi connectivity index (χ0n) is 17.3. The summed E-state index contributed by atoms with van der Waals surface area (Å²) in [5.41, 5.74) is -0.480. The third-order valence-corrected chi connectivity index (χ3v) is 5.56. The SMILES string of the molecule is COC(=O)c1c(Cl)cccc1-c1ccc(CCNC(=O)C2(NC(=O)C(F)(F)F)CC2)c(F)c1. The number of benzene rings is 2. The van der Waals surface area contributed by atoms with Crippen LogP contribution in [-0.2, 0) is 20.7 Å². The molecule has 1 fully saturated rings. The predicted octanol–water partition coefficient (Wildman–Crippen LogP) is 3.80. The highest BCUT2D eigenvalue weighted by Crippen LogP contribution is 2.36. The molecule has 3 rings (SSSR count). The predicted molar refractivity (Wildman–Crippen MR) is 111 cm³/mol. The molecule has 1 aliphatic carbocycles. The van der Waals surface area contributed by atoms with Crippen LogP contribution in [0.2, 0.25) is 5.02 Å². The van der Waals surface area contributed by atoms with Crippen LogP contribution >= 0.6 is 11.6 Å². The van der Waals surface area contributed by atoms with Crippen LogP contribution < -0.4 is 10.6 Å². The largest absolute Gasteiger partial charge is 0.471 e. The lowest BCUT2D eigenvalue weighted by Gasteiger charge is -2.18. The topological polar surface area (TPSA) is 84.5 Å². The summed E-state index contributed by atoms with van der Waals surface area (Å²) >= 11 is 6.10. The number of hydrogen-bond donors (Lipinski definition) is 2. The first kappa shape index (κ1) is 24.5. The van der Waals surface area contributed by atoms with Crippen molar-refractivity contribution in [2.24, 2.45) is 0 Å². The molecule has 0 bridgehead atoms. The molecule has 33 heavy (non-hydrogen) atoms. The van der Waals surface area contributed by atoms with E-state index in [1.807, 2.05) is 0 Å². The van der Waals surface area contributed by atoms with Gasteiger partial charge in [0, 0.05) is 6.54 Å². The van der Waals surface area contributed by atoms with Gasteiger partial charge in [-0.05, 0) is 48.1 Å². The third-order valence-electron chi connectivity index (χ3n) is 5.24. The van der Waals surface area contributed by atoms with Crippen LogP contribution in [0.1, 0.15) is 28.8 Å². The summed E-state index contributed by atoms with van der Waals surface area (Å²) in [6.07, 6.45) is -4.85. The van der Waals surface area contributed by atoms with Gasteiger partial charge in [0.15, 0.2) is 0 Å². The highest BCUT2D eigenvalue weighted by Gasteiger charge is 2.54. The quantitative estimate of drug-likeness (QED) is 0.460. The average Bonchev–Trinajstić information content (AvgIpc) is 3.54. The number of halogens is 5. The molecule has 0 aliphatic heterocycles. The van der Waals surface area contributed by atoms with Crippen molar-refractivity contribution in [3.8, 4) is 11.1 Å². The van der Waals surface area contributed by atoms with E-state index in [9.17, 15) is 31.9 Å². The number of carbonyl (C=O) groups is 3. The zero-order chi connectivity index (χ0) is 24.4. The minimum Gasteiger partial charge on any atom is -0.465 e. The van der Waals surface area contributed by atoms with Crippen LogP contribution in [-0.4, -0.2) is 43.2 Å². The van der Waals surface area contributed by atoms with E-state index in [2.05, 4.69) is 5.32 Å². The number of esters is 1. The van der Waals surface area contributed by atoms with Crippen LogP contribution in [0.4, 0.5) is 17.6 Å². The van der Waals surface area contributed by atoms with Crippen LogP contribution in [0.25, 0.3) is 11.1 Å². The summed E-state index contributed by atoms with van der Waals surface area (Å²) in [6.45, 7) is -0.0523. The van der Waals surface area contributed by atoms with E-state index in [-0.39, 0.29) is 42.0 Å². The summed E-state index contributed by atoms with van der Waals surface area (Å²) in [4.78, 5) is 35.4. The van der Waals surface area contributed by atoms with Crippen molar-refractivity contribution >= 4 is 29.4 Å². The highest BCUT2D eigenvalue weighted by molar-refractivity contribution is 6.34. The second-order valence-electron chi connectivity index (χ2n) is 7.50. The molecule has 0 saturated heterocycles. The first-order valence-electron chi connectivity index (χ1n) is 9.82. The second-order valence-corrected chi connectivity index (χ2v) is 7.91. The van der Waals surface area contributed by atoms with Crippen molar-refractivity contribution in [3.05, 3.63) is 58.4 Å². The van der Waals surface area contributed by atoms with Crippen LogP contribution in [0.15, 0.2) is 36.4 Å². The zero-order valence-corrected chi connectivity index (χ0v) is 18.1. The molecule has 0 heterocycles. The first-order chi connectivity index (χ1) is 15.5. The molecular formula is C22H19ClF4N2O4. The van der Waals surface area contributed by atoms with Gasteiger partial charge in [-0.15, -0.1) is 0 Å². The smallest absolute Gasteiger partial charge is 0.465 e. The fraction of sp³-hybridized carbons (Fsp3) is 0.318. The van der Waals surface area contributed by atoms with Gasteiger partial charge in [0.2, 0.25) is 5.91 Å². The van der Waals surface area contributed by atoms with Crippen molar-refractivity contribution in [1.29, 1.82) is 0 Å². The Kier molecular flexibility index (Phi) is 6.97. The molecule has 2 N–H and O–H groups in total. The number of methoxy groups -OCH3 is 1. The van der Waals surface area contributed by atoms with Gasteiger partial charge in [-0.2, -0.15) is 13.2 Å². The van der Waals surface area contributed by atoms with Crippen molar-refractivity contribution in [3.63, 3.8) is 0 Å². The molecule has 0 aromatic heterocycles. The van der Waals surface area contributed by atoms with Gasteiger partial charge in [-0.3, -0.25) is 9.59 Å². The molecule has 0 atom stereocenters. The molecule has 1 saturated carbocycles. The standard InChI is InChI=1S/C22H19ClF4N2O4/c1-33-18(30)17-14(3-2-4-15(17)23)13-6-5-12(16(24)11-13)7-10-28-19(31)21(8-9-21)29-20(32)22(25,26)27/h2-6,11H,7-10H2,1H3,(H,28,31)(H,29,32). The second kappa shape index (κ2) is 9.38.